The summed E-state index contributed by atoms with van der Waals surface area (Å²) in [7, 11) is 0. The van der Waals surface area contributed by atoms with Gasteiger partial charge in [0.1, 0.15) is 0 Å². The lowest BCUT2D eigenvalue weighted by atomic mass is 9.95. The van der Waals surface area contributed by atoms with Crippen LogP contribution in [-0.2, 0) is 22.3 Å². The smallest absolute Gasteiger partial charge is 0.418 e. The summed E-state index contributed by atoms with van der Waals surface area (Å²) < 4.78 is 94.3. The van der Waals surface area contributed by atoms with E-state index in [1.807, 2.05) is 12.2 Å². The average molecular weight is 571 g/mol. The molecule has 1 heterocycles. The van der Waals surface area contributed by atoms with Crippen molar-refractivity contribution in [1.29, 1.82) is 10.8 Å². The lowest BCUT2D eigenvalue weighted by Crippen LogP contribution is -2.49. The number of carbonyl (C=O) groups is 1. The number of nitrogens with zero attached hydrogens (tertiary/aromatic N) is 2. The summed E-state index contributed by atoms with van der Waals surface area (Å²) in [5, 5.41) is 23.5. The van der Waals surface area contributed by atoms with Crippen molar-refractivity contribution in [3.05, 3.63) is 41.4 Å². The molecule has 0 aliphatic heterocycles. The Morgan fingerprint density at radius 3 is 2.36 bits per heavy atom. The van der Waals surface area contributed by atoms with Crippen LogP contribution in [0.1, 0.15) is 64.8 Å². The highest BCUT2D eigenvalue weighted by Crippen LogP contribution is 2.29. The van der Waals surface area contributed by atoms with Crippen LogP contribution >= 0.6 is 0 Å². The Labute approximate surface area is 221 Å². The molecule has 1 aromatic heterocycles. The van der Waals surface area contributed by atoms with E-state index >= 15 is 0 Å². The lowest BCUT2D eigenvalue weighted by Gasteiger charge is -2.29. The Balaban J connectivity index is 3.09. The number of unbranched alkanes of at least 4 members (excludes halogenated alkanes) is 1. The molecule has 15 heteroatoms. The fourth-order valence-corrected chi connectivity index (χ4v) is 3.45. The average Bonchev–Trinajstić information content (AvgIpc) is 3.21. The van der Waals surface area contributed by atoms with Gasteiger partial charge in [0.2, 0.25) is 11.8 Å². The molecule has 0 aromatic carbocycles. The third kappa shape index (κ3) is 12.3. The standard InChI is InChI=1S/C24H33F7N6O2/c1-5-6-7-15(12-34-21(25)26)10-14(2)20(38)35-23(3,4)13-37-17(11-18(36-37)24(29,30)31)16(32)8-9-19(33)39-22(27)28/h8-9,11-12,14,21-22,32-34H,5-7,10,13H2,1-4H3,(H,35,38)/b9-8-,15-12+,32-16?,33-19?. The third-order valence-corrected chi connectivity index (χ3v) is 5.25. The first kappa shape index (κ1) is 33.6. The van der Waals surface area contributed by atoms with E-state index in [4.69, 9.17) is 10.8 Å². The number of nitrogens with one attached hydrogen (secondary N) is 4. The minimum atomic E-state index is -4.86. The maximum atomic E-state index is 13.3. The van der Waals surface area contributed by atoms with E-state index < -0.39 is 54.0 Å². The Morgan fingerprint density at radius 1 is 1.18 bits per heavy atom. The fraction of sp³-hybridized carbons (Fsp3) is 0.583. The van der Waals surface area contributed by atoms with Gasteiger partial charge in [-0.05, 0) is 45.3 Å². The molecule has 220 valence electrons. The molecule has 1 atom stereocenters. The summed E-state index contributed by atoms with van der Waals surface area (Å²) in [5.74, 6) is -2.14. The molecule has 0 saturated heterocycles. The van der Waals surface area contributed by atoms with E-state index in [1.165, 1.54) is 20.0 Å². The van der Waals surface area contributed by atoms with Crippen LogP contribution in [0.4, 0.5) is 30.7 Å². The highest BCUT2D eigenvalue weighted by Gasteiger charge is 2.36. The van der Waals surface area contributed by atoms with Crippen molar-refractivity contribution >= 4 is 17.5 Å². The molecular weight excluding hydrogens is 537 g/mol. The molecule has 4 N–H and O–H groups in total. The predicted molar refractivity (Wildman–Crippen MR) is 131 cm³/mol. The summed E-state index contributed by atoms with van der Waals surface area (Å²) in [5.41, 5.74) is -2.81. The maximum Gasteiger partial charge on any atom is 0.435 e. The number of halogens is 7. The number of aromatic nitrogens is 2. The molecule has 0 spiro atoms. The van der Waals surface area contributed by atoms with Crippen molar-refractivity contribution in [1.82, 2.24) is 20.4 Å². The van der Waals surface area contributed by atoms with Gasteiger partial charge in [-0.1, -0.05) is 25.8 Å². The number of ether oxygens (including phenoxy) is 1. The van der Waals surface area contributed by atoms with Crippen LogP contribution < -0.4 is 10.6 Å². The van der Waals surface area contributed by atoms with Crippen LogP contribution in [0.15, 0.2) is 30.0 Å². The quantitative estimate of drug-likeness (QED) is 0.0917. The van der Waals surface area contributed by atoms with Gasteiger partial charge in [-0.25, -0.2) is 0 Å². The van der Waals surface area contributed by atoms with Gasteiger partial charge in [-0.2, -0.15) is 35.8 Å². The molecule has 0 aliphatic carbocycles. The highest BCUT2D eigenvalue weighted by molar-refractivity contribution is 6.08. The normalized spacial score (nSPS) is 13.7. The number of rotatable bonds is 15. The van der Waals surface area contributed by atoms with E-state index in [9.17, 15) is 35.5 Å². The Morgan fingerprint density at radius 2 is 1.82 bits per heavy atom. The largest absolute Gasteiger partial charge is 0.435 e. The topological polar surface area (TPSA) is 116 Å². The first-order chi connectivity index (χ1) is 17.9. The molecule has 0 radical (unpaired) electrons. The Bertz CT molecular complexity index is 1050. The molecule has 1 rings (SSSR count). The van der Waals surface area contributed by atoms with Gasteiger partial charge in [0.05, 0.1) is 23.5 Å². The van der Waals surface area contributed by atoms with E-state index in [0.717, 1.165) is 23.6 Å². The molecule has 39 heavy (non-hydrogen) atoms. The van der Waals surface area contributed by atoms with Gasteiger partial charge < -0.3 is 15.4 Å². The summed E-state index contributed by atoms with van der Waals surface area (Å²) in [6.07, 6.45) is 0.0486. The molecule has 1 amide bonds. The van der Waals surface area contributed by atoms with Crippen molar-refractivity contribution in [3.63, 3.8) is 0 Å². The molecule has 0 fully saturated rings. The van der Waals surface area contributed by atoms with Crippen molar-refractivity contribution in [2.45, 2.75) is 84.8 Å². The van der Waals surface area contributed by atoms with Crippen molar-refractivity contribution in [2.75, 3.05) is 0 Å². The van der Waals surface area contributed by atoms with Gasteiger partial charge >= 0.3 is 19.3 Å². The Hall–Kier alpha value is -3.39. The van der Waals surface area contributed by atoms with E-state index in [1.54, 1.807) is 6.92 Å². The highest BCUT2D eigenvalue weighted by atomic mass is 19.4. The van der Waals surface area contributed by atoms with Gasteiger partial charge in [0, 0.05) is 18.2 Å². The summed E-state index contributed by atoms with van der Waals surface area (Å²) >= 11 is 0. The number of allylic oxidation sites excluding steroid dienone is 2. The van der Waals surface area contributed by atoms with Crippen LogP contribution in [0.2, 0.25) is 0 Å². The van der Waals surface area contributed by atoms with Crippen LogP contribution in [0.5, 0.6) is 0 Å². The second-order valence-electron chi connectivity index (χ2n) is 9.41. The molecule has 1 aromatic rings. The molecule has 0 saturated carbocycles. The van der Waals surface area contributed by atoms with Gasteiger partial charge in [0.25, 0.3) is 0 Å². The third-order valence-electron chi connectivity index (χ3n) is 5.25. The second-order valence-corrected chi connectivity index (χ2v) is 9.41. The summed E-state index contributed by atoms with van der Waals surface area (Å²) in [4.78, 5) is 12.9. The van der Waals surface area contributed by atoms with Crippen molar-refractivity contribution < 1.29 is 40.3 Å². The molecular formula is C24H33F7N6O2. The first-order valence-electron chi connectivity index (χ1n) is 11.9. The summed E-state index contributed by atoms with van der Waals surface area (Å²) in [6, 6.07) is 0.589. The van der Waals surface area contributed by atoms with Gasteiger partial charge in [-0.3, -0.25) is 20.3 Å². The first-order valence-corrected chi connectivity index (χ1v) is 11.9. The molecule has 1 unspecified atom stereocenters. The number of carbonyl (C=O) groups excluding carboxylic acids is 1. The Kier molecular flexibility index (Phi) is 12.7. The van der Waals surface area contributed by atoms with Crippen molar-refractivity contribution in [2.24, 2.45) is 5.92 Å². The molecule has 0 aliphatic rings. The van der Waals surface area contributed by atoms with Gasteiger partial charge in [0.15, 0.2) is 5.69 Å². The van der Waals surface area contributed by atoms with Crippen LogP contribution in [0.3, 0.4) is 0 Å². The van der Waals surface area contributed by atoms with Crippen LogP contribution in [0, 0.1) is 16.7 Å². The van der Waals surface area contributed by atoms with E-state index in [2.05, 4.69) is 15.2 Å². The van der Waals surface area contributed by atoms with Crippen LogP contribution in [0.25, 0.3) is 0 Å². The molecule has 8 nitrogen and oxygen atoms in total. The molecule has 0 bridgehead atoms. The predicted octanol–water partition coefficient (Wildman–Crippen LogP) is 5.85. The zero-order valence-electron chi connectivity index (χ0n) is 21.9. The number of alkyl halides is 7. The maximum absolute atomic E-state index is 13.3. The van der Waals surface area contributed by atoms with Crippen LogP contribution in [-0.4, -0.2) is 46.0 Å². The minimum absolute atomic E-state index is 0.176. The summed E-state index contributed by atoms with van der Waals surface area (Å²) in [6.45, 7) is 0.202. The lowest BCUT2D eigenvalue weighted by molar-refractivity contribution is -0.141. The van der Waals surface area contributed by atoms with Gasteiger partial charge in [-0.15, -0.1) is 0 Å². The number of amides is 1. The fourth-order valence-electron chi connectivity index (χ4n) is 3.45. The number of hydrogen-bond acceptors (Lipinski definition) is 6. The SMILES string of the molecule is CCCC/C(=C\NC(F)F)CC(C)C(=O)NC(C)(C)Cn1nc(C(F)(F)F)cc1C(=N)/C=C\C(=N)OC(F)F. The minimum Gasteiger partial charge on any atom is -0.418 e. The van der Waals surface area contributed by atoms with E-state index in [-0.39, 0.29) is 18.7 Å². The van der Waals surface area contributed by atoms with E-state index in [0.29, 0.717) is 24.1 Å². The number of hydrogen-bond donors (Lipinski definition) is 4. The second kappa shape index (κ2) is 14.7. The zero-order valence-corrected chi connectivity index (χ0v) is 21.9. The zero-order chi connectivity index (χ0) is 30.0. The monoisotopic (exact) mass is 570 g/mol. The van der Waals surface area contributed by atoms with Crippen molar-refractivity contribution in [3.8, 4) is 0 Å².